The summed E-state index contributed by atoms with van der Waals surface area (Å²) in [5.74, 6) is -0.349. The van der Waals surface area contributed by atoms with Gasteiger partial charge in [0.05, 0.1) is 18.6 Å². The highest BCUT2D eigenvalue weighted by molar-refractivity contribution is 7.13. The number of benzene rings is 3. The second kappa shape index (κ2) is 14.4. The van der Waals surface area contributed by atoms with Crippen molar-refractivity contribution in [1.29, 1.82) is 0 Å². The number of carbonyl (C=O) groups is 5. The lowest BCUT2D eigenvalue weighted by Crippen LogP contribution is -2.73. The summed E-state index contributed by atoms with van der Waals surface area (Å²) in [6, 6.07) is 17.1. The fourth-order valence-electron chi connectivity index (χ4n) is 10.5. The second-order valence-electron chi connectivity index (χ2n) is 18.0. The smallest absolute Gasteiger partial charge is 0.329 e. The number of amides is 6. The maximum absolute atomic E-state index is 15.3. The largest absolute Gasteiger partial charge is 0.370 e. The Hall–Kier alpha value is -6.20. The van der Waals surface area contributed by atoms with Crippen molar-refractivity contribution >= 4 is 68.5 Å². The Kier molecular flexibility index (Phi) is 9.02. The van der Waals surface area contributed by atoms with Gasteiger partial charge in [-0.15, -0.1) is 11.3 Å². The van der Waals surface area contributed by atoms with E-state index in [1.54, 1.807) is 17.6 Å². The first-order valence-corrected chi connectivity index (χ1v) is 22.1. The Balaban J connectivity index is 0.668. The van der Waals surface area contributed by atoms with Crippen molar-refractivity contribution in [2.75, 3.05) is 67.5 Å². The number of aromatic nitrogens is 3. The van der Waals surface area contributed by atoms with Crippen LogP contribution in [0.3, 0.4) is 0 Å². The van der Waals surface area contributed by atoms with Crippen molar-refractivity contribution in [1.82, 2.24) is 34.8 Å². The van der Waals surface area contributed by atoms with Gasteiger partial charge >= 0.3 is 6.03 Å². The van der Waals surface area contributed by atoms with Gasteiger partial charge in [-0.3, -0.25) is 39.0 Å². The number of nitrogens with one attached hydrogen (secondary N) is 2. The first-order valence-electron chi connectivity index (χ1n) is 21.2. The summed E-state index contributed by atoms with van der Waals surface area (Å²) in [5.41, 5.74) is 5.41. The number of halogens is 1. The van der Waals surface area contributed by atoms with E-state index in [4.69, 9.17) is 0 Å². The molecule has 3 aromatic carbocycles. The lowest BCUT2D eigenvalue weighted by molar-refractivity contribution is -0.147. The predicted octanol–water partition coefficient (Wildman–Crippen LogP) is 4.94. The Labute approximate surface area is 360 Å². The van der Waals surface area contributed by atoms with Gasteiger partial charge in [0.2, 0.25) is 17.7 Å². The predicted molar refractivity (Wildman–Crippen MR) is 230 cm³/mol. The Bertz CT molecular complexity index is 2680. The summed E-state index contributed by atoms with van der Waals surface area (Å²) in [4.78, 5) is 77.3. The van der Waals surface area contributed by atoms with Crippen molar-refractivity contribution in [3.63, 3.8) is 0 Å². The van der Waals surface area contributed by atoms with Crippen molar-refractivity contribution in [2.24, 2.45) is 12.5 Å². The minimum atomic E-state index is -0.467. The first-order chi connectivity index (χ1) is 29.9. The molecule has 0 radical (unpaired) electrons. The first kappa shape index (κ1) is 38.7. The number of carbonyl (C=O) groups excluding carboxylic acids is 5. The molecule has 15 nitrogen and oxygen atoms in total. The molecule has 62 heavy (non-hydrogen) atoms. The molecule has 5 fully saturated rings. The molecule has 1 atom stereocenters. The van der Waals surface area contributed by atoms with Crippen molar-refractivity contribution < 1.29 is 28.4 Å². The molecule has 2 N–H and O–H groups in total. The average molecular weight is 857 g/mol. The van der Waals surface area contributed by atoms with Gasteiger partial charge in [-0.05, 0) is 91.2 Å². The molecule has 6 aliphatic rings. The summed E-state index contributed by atoms with van der Waals surface area (Å²) in [5, 5.41) is 12.8. The lowest BCUT2D eigenvalue weighted by atomic mass is 9.72. The van der Waals surface area contributed by atoms with Gasteiger partial charge in [-0.1, -0.05) is 18.2 Å². The zero-order valence-corrected chi connectivity index (χ0v) is 35.0. The summed E-state index contributed by atoms with van der Waals surface area (Å²) < 4.78 is 17.2. The third kappa shape index (κ3) is 6.68. The minimum absolute atomic E-state index is 0.0353. The third-order valence-electron chi connectivity index (χ3n) is 13.9. The van der Waals surface area contributed by atoms with Crippen LogP contribution < -0.4 is 20.4 Å². The highest BCUT2D eigenvalue weighted by atomic mass is 32.1. The Morgan fingerprint density at radius 1 is 0.968 bits per heavy atom. The maximum atomic E-state index is 15.3. The molecule has 5 aromatic rings. The number of fused-ring (bicyclic) bond motifs is 2. The number of hydrogen-bond acceptors (Lipinski definition) is 10. The lowest BCUT2D eigenvalue weighted by Gasteiger charge is -2.61. The van der Waals surface area contributed by atoms with Gasteiger partial charge in [-0.25, -0.2) is 14.2 Å². The molecule has 11 rings (SSSR count). The summed E-state index contributed by atoms with van der Waals surface area (Å²) in [6.07, 6.45) is 6.00. The summed E-state index contributed by atoms with van der Waals surface area (Å²) in [7, 11) is 1.88. The van der Waals surface area contributed by atoms with Gasteiger partial charge in [0.1, 0.15) is 12.4 Å². The summed E-state index contributed by atoms with van der Waals surface area (Å²) in [6.45, 7) is 4.73. The standard InChI is InChI=1S/C45H45FN10O5S/c1-51-36-18-28(4-7-32(36)40(50-51)56-14-9-37(57)49-43(56)61)29-8-13-55(45(19-29)10-11-45)22-39(59)54-25-44(26-54)23-53(24-44)31-5-2-27(3-6-31)30-16-33-34(35(46)17-30)20-52(41(33)60)21-38(58)48-42-47-12-15-62-42/h2-7,12,15-18,29H,8-11,13-14,19-26H2,1H3,(H,47,48,58)(H,49,57,61). The average Bonchev–Trinajstić information content (AvgIpc) is 3.48. The molecular formula is C45H45FN10O5S. The van der Waals surface area contributed by atoms with Gasteiger partial charge in [0.15, 0.2) is 10.9 Å². The monoisotopic (exact) mass is 856 g/mol. The fraction of sp³-hybridized carbons (Fsp3) is 0.400. The third-order valence-corrected chi connectivity index (χ3v) is 14.6. The minimum Gasteiger partial charge on any atom is -0.370 e. The van der Waals surface area contributed by atoms with E-state index in [-0.39, 0.29) is 59.7 Å². The SMILES string of the molecule is Cn1nc(N2CCC(=O)NC2=O)c2ccc(C3CCN(CC(=O)N4CC5(C4)CN(c4ccc(-c6cc(F)c7c(c6)C(=O)N(CC(=O)Nc6nccs6)C7)cc4)C5)C4(CC4)C3)cc21. The van der Waals surface area contributed by atoms with Crippen molar-refractivity contribution in [3.05, 3.63) is 88.7 Å². The van der Waals surface area contributed by atoms with Crippen LogP contribution in [0.4, 0.5) is 25.8 Å². The van der Waals surface area contributed by atoms with E-state index in [0.29, 0.717) is 41.1 Å². The van der Waals surface area contributed by atoms with Crippen LogP contribution in [0.15, 0.2) is 66.2 Å². The van der Waals surface area contributed by atoms with E-state index in [1.165, 1.54) is 32.8 Å². The number of urea groups is 1. The zero-order chi connectivity index (χ0) is 42.5. The molecule has 6 amide bonds. The summed E-state index contributed by atoms with van der Waals surface area (Å²) >= 11 is 1.28. The Morgan fingerprint density at radius 3 is 2.52 bits per heavy atom. The normalized spacial score (nSPS) is 21.3. The molecule has 4 saturated heterocycles. The zero-order valence-electron chi connectivity index (χ0n) is 34.2. The van der Waals surface area contributed by atoms with Crippen LogP contribution >= 0.6 is 11.3 Å². The van der Waals surface area contributed by atoms with E-state index in [2.05, 4.69) is 48.7 Å². The number of anilines is 3. The molecule has 0 bridgehead atoms. The fourth-order valence-corrected chi connectivity index (χ4v) is 11.0. The second-order valence-corrected chi connectivity index (χ2v) is 18.9. The number of aryl methyl sites for hydroxylation is 1. The number of nitrogens with zero attached hydrogens (tertiary/aromatic N) is 8. The molecule has 7 heterocycles. The highest BCUT2D eigenvalue weighted by Crippen LogP contribution is 2.53. The molecule has 1 unspecified atom stereocenters. The van der Waals surface area contributed by atoms with Crippen LogP contribution in [0.1, 0.15) is 59.5 Å². The molecule has 2 spiro atoms. The van der Waals surface area contributed by atoms with Crippen LogP contribution in [0, 0.1) is 11.2 Å². The van der Waals surface area contributed by atoms with E-state index < -0.39 is 11.8 Å². The molecule has 17 heteroatoms. The molecular weight excluding hydrogens is 812 g/mol. The maximum Gasteiger partial charge on any atom is 0.329 e. The molecule has 318 valence electrons. The number of piperidine rings is 1. The van der Waals surface area contributed by atoms with E-state index >= 15 is 4.39 Å². The number of thiazole rings is 1. The van der Waals surface area contributed by atoms with Crippen LogP contribution in [-0.4, -0.2) is 117 Å². The number of hydrogen-bond donors (Lipinski definition) is 2. The number of rotatable bonds is 9. The number of imide groups is 1. The quantitative estimate of drug-likeness (QED) is 0.210. The van der Waals surface area contributed by atoms with Crippen LogP contribution in [-0.2, 0) is 28.0 Å². The topological polar surface area (TPSA) is 156 Å². The van der Waals surface area contributed by atoms with E-state index in [0.717, 1.165) is 80.6 Å². The van der Waals surface area contributed by atoms with Gasteiger partial charge in [-0.2, -0.15) is 5.10 Å². The van der Waals surface area contributed by atoms with Gasteiger partial charge in [0, 0.05) is 90.9 Å². The molecule has 1 aliphatic carbocycles. The molecule has 2 aromatic heterocycles. The van der Waals surface area contributed by atoms with Crippen LogP contribution in [0.5, 0.6) is 0 Å². The highest BCUT2D eigenvalue weighted by Gasteiger charge is 2.55. The van der Waals surface area contributed by atoms with Gasteiger partial charge in [0.25, 0.3) is 5.91 Å². The molecule has 5 aliphatic heterocycles. The number of likely N-dealkylation sites (tertiary alicyclic amines) is 2. The molecule has 1 saturated carbocycles. The van der Waals surface area contributed by atoms with E-state index in [1.807, 2.05) is 40.9 Å². The van der Waals surface area contributed by atoms with Crippen LogP contribution in [0.25, 0.3) is 22.0 Å². The van der Waals surface area contributed by atoms with Crippen molar-refractivity contribution in [2.45, 2.75) is 50.1 Å². The van der Waals surface area contributed by atoms with Gasteiger partial charge < -0.3 is 20.0 Å². The van der Waals surface area contributed by atoms with Crippen molar-refractivity contribution in [3.8, 4) is 11.1 Å². The Morgan fingerprint density at radius 2 is 1.77 bits per heavy atom. The van der Waals surface area contributed by atoms with E-state index in [9.17, 15) is 24.0 Å². The van der Waals surface area contributed by atoms with Crippen LogP contribution in [0.2, 0.25) is 0 Å².